The van der Waals surface area contributed by atoms with Crippen molar-refractivity contribution >= 4 is 35.1 Å². The summed E-state index contributed by atoms with van der Waals surface area (Å²) in [4.78, 5) is 24.7. The maximum atomic E-state index is 12.5. The number of hydrogen-bond acceptors (Lipinski definition) is 4. The van der Waals surface area contributed by atoms with Gasteiger partial charge in [0, 0.05) is 5.02 Å². The maximum Gasteiger partial charge on any atom is 0.331 e. The molecule has 0 fully saturated rings. The summed E-state index contributed by atoms with van der Waals surface area (Å²) in [6.07, 6.45) is -1.28. The molecule has 0 aromatic heterocycles. The third-order valence-electron chi connectivity index (χ3n) is 3.46. The van der Waals surface area contributed by atoms with Crippen LogP contribution in [0.1, 0.15) is 28.9 Å². The third kappa shape index (κ3) is 4.95. The summed E-state index contributed by atoms with van der Waals surface area (Å²) in [5, 5.41) is 13.5. The van der Waals surface area contributed by atoms with Gasteiger partial charge in [-0.3, -0.25) is 4.79 Å². The van der Waals surface area contributed by atoms with E-state index < -0.39 is 24.0 Å². The van der Waals surface area contributed by atoms with E-state index in [4.69, 9.17) is 27.9 Å². The summed E-state index contributed by atoms with van der Waals surface area (Å²) in [7, 11) is 0. The first-order chi connectivity index (χ1) is 11.9. The number of amides is 1. The van der Waals surface area contributed by atoms with Gasteiger partial charge in [-0.25, -0.2) is 4.79 Å². The molecule has 0 aliphatic carbocycles. The molecule has 2 aromatic carbocycles. The number of aliphatic hydroxyl groups excluding tert-OH is 1. The van der Waals surface area contributed by atoms with Crippen LogP contribution in [0.25, 0.3) is 0 Å². The van der Waals surface area contributed by atoms with E-state index >= 15 is 0 Å². The van der Waals surface area contributed by atoms with Crippen LogP contribution in [0.5, 0.6) is 0 Å². The third-order valence-corrected chi connectivity index (χ3v) is 4.02. The molecule has 0 spiro atoms. The number of rotatable bonds is 6. The van der Waals surface area contributed by atoms with Crippen molar-refractivity contribution in [3.63, 3.8) is 0 Å². The SMILES string of the molecule is CCOC(=O)C(NC(=O)c1cc(Cl)ccc1Cl)C(O)c1ccccc1. The summed E-state index contributed by atoms with van der Waals surface area (Å²) >= 11 is 11.9. The number of ether oxygens (including phenoxy) is 1. The molecule has 0 bridgehead atoms. The van der Waals surface area contributed by atoms with Gasteiger partial charge >= 0.3 is 5.97 Å². The number of carbonyl (C=O) groups is 2. The Hall–Kier alpha value is -2.08. The van der Waals surface area contributed by atoms with Gasteiger partial charge in [-0.2, -0.15) is 0 Å². The lowest BCUT2D eigenvalue weighted by molar-refractivity contribution is -0.148. The second-order valence-corrected chi connectivity index (χ2v) is 6.03. The van der Waals surface area contributed by atoms with Gasteiger partial charge in [0.15, 0.2) is 6.04 Å². The molecule has 1 amide bonds. The minimum Gasteiger partial charge on any atom is -0.464 e. The van der Waals surface area contributed by atoms with Crippen LogP contribution in [-0.4, -0.2) is 29.6 Å². The van der Waals surface area contributed by atoms with Crippen molar-refractivity contribution in [2.75, 3.05) is 6.61 Å². The smallest absolute Gasteiger partial charge is 0.331 e. The van der Waals surface area contributed by atoms with Crippen LogP contribution in [0.15, 0.2) is 48.5 Å². The number of aliphatic hydroxyl groups is 1. The van der Waals surface area contributed by atoms with E-state index in [1.54, 1.807) is 43.3 Å². The van der Waals surface area contributed by atoms with Crippen molar-refractivity contribution in [1.29, 1.82) is 0 Å². The monoisotopic (exact) mass is 381 g/mol. The quantitative estimate of drug-likeness (QED) is 0.751. The van der Waals surface area contributed by atoms with E-state index in [-0.39, 0.29) is 17.2 Å². The van der Waals surface area contributed by atoms with Gasteiger partial charge in [0.25, 0.3) is 5.91 Å². The Kier molecular flexibility index (Phi) is 6.82. The Morgan fingerprint density at radius 1 is 1.16 bits per heavy atom. The standard InChI is InChI=1S/C18H17Cl2NO4/c1-2-25-18(24)15(16(22)11-6-4-3-5-7-11)21-17(23)13-10-12(19)8-9-14(13)20/h3-10,15-16,22H,2H2,1H3,(H,21,23). The zero-order valence-corrected chi connectivity index (χ0v) is 14.9. The summed E-state index contributed by atoms with van der Waals surface area (Å²) in [5.74, 6) is -1.38. The second kappa shape index (κ2) is 8.85. The summed E-state index contributed by atoms with van der Waals surface area (Å²) < 4.78 is 4.96. The van der Waals surface area contributed by atoms with Gasteiger partial charge in [-0.1, -0.05) is 53.5 Å². The van der Waals surface area contributed by atoms with E-state index in [2.05, 4.69) is 5.32 Å². The molecule has 5 nitrogen and oxygen atoms in total. The van der Waals surface area contributed by atoms with Crippen LogP contribution in [0, 0.1) is 0 Å². The molecule has 25 heavy (non-hydrogen) atoms. The first kappa shape index (κ1) is 19.2. The summed E-state index contributed by atoms with van der Waals surface area (Å²) in [6.45, 7) is 1.75. The van der Waals surface area contributed by atoms with Crippen molar-refractivity contribution in [2.45, 2.75) is 19.1 Å². The fourth-order valence-corrected chi connectivity index (χ4v) is 2.61. The molecule has 0 aliphatic rings. The normalized spacial score (nSPS) is 13.0. The molecular formula is C18H17Cl2NO4. The Labute approximate surface area is 155 Å². The molecule has 0 saturated heterocycles. The van der Waals surface area contributed by atoms with Crippen molar-refractivity contribution in [1.82, 2.24) is 5.32 Å². The van der Waals surface area contributed by atoms with Crippen LogP contribution in [0.4, 0.5) is 0 Å². The van der Waals surface area contributed by atoms with Crippen LogP contribution >= 0.6 is 23.2 Å². The van der Waals surface area contributed by atoms with Crippen LogP contribution in [0.3, 0.4) is 0 Å². The van der Waals surface area contributed by atoms with Crippen molar-refractivity contribution in [3.8, 4) is 0 Å². The van der Waals surface area contributed by atoms with Crippen molar-refractivity contribution in [3.05, 3.63) is 69.7 Å². The molecule has 0 heterocycles. The predicted molar refractivity (Wildman–Crippen MR) is 95.8 cm³/mol. The molecular weight excluding hydrogens is 365 g/mol. The maximum absolute atomic E-state index is 12.5. The number of nitrogens with one attached hydrogen (secondary N) is 1. The predicted octanol–water partition coefficient (Wildman–Crippen LogP) is 3.39. The van der Waals surface area contributed by atoms with E-state index in [1.807, 2.05) is 0 Å². The lowest BCUT2D eigenvalue weighted by Crippen LogP contribution is -2.46. The fraction of sp³-hybridized carbons (Fsp3) is 0.222. The van der Waals surface area contributed by atoms with Gasteiger partial charge < -0.3 is 15.2 Å². The first-order valence-electron chi connectivity index (χ1n) is 7.59. The van der Waals surface area contributed by atoms with E-state index in [0.29, 0.717) is 10.6 Å². The van der Waals surface area contributed by atoms with Gasteiger partial charge in [-0.15, -0.1) is 0 Å². The number of carbonyl (C=O) groups excluding carboxylic acids is 2. The van der Waals surface area contributed by atoms with Crippen LogP contribution < -0.4 is 5.32 Å². The largest absolute Gasteiger partial charge is 0.464 e. The van der Waals surface area contributed by atoms with Crippen molar-refractivity contribution in [2.24, 2.45) is 0 Å². The lowest BCUT2D eigenvalue weighted by atomic mass is 10.0. The lowest BCUT2D eigenvalue weighted by Gasteiger charge is -2.23. The highest BCUT2D eigenvalue weighted by molar-refractivity contribution is 6.35. The highest BCUT2D eigenvalue weighted by Gasteiger charge is 2.31. The molecule has 7 heteroatoms. The van der Waals surface area contributed by atoms with E-state index in [9.17, 15) is 14.7 Å². The Morgan fingerprint density at radius 3 is 2.48 bits per heavy atom. The molecule has 2 N–H and O–H groups in total. The highest BCUT2D eigenvalue weighted by atomic mass is 35.5. The Balaban J connectivity index is 2.28. The van der Waals surface area contributed by atoms with Gasteiger partial charge in [-0.05, 0) is 30.7 Å². The minimum absolute atomic E-state index is 0.101. The molecule has 0 saturated carbocycles. The minimum atomic E-state index is -1.29. The molecule has 2 aromatic rings. The topological polar surface area (TPSA) is 75.6 Å². The van der Waals surface area contributed by atoms with Crippen LogP contribution in [-0.2, 0) is 9.53 Å². The average Bonchev–Trinajstić information content (AvgIpc) is 2.61. The van der Waals surface area contributed by atoms with Gasteiger partial charge in [0.1, 0.15) is 6.10 Å². The first-order valence-corrected chi connectivity index (χ1v) is 8.35. The average molecular weight is 382 g/mol. The Morgan fingerprint density at radius 2 is 1.84 bits per heavy atom. The highest BCUT2D eigenvalue weighted by Crippen LogP contribution is 2.22. The Bertz CT molecular complexity index is 752. The van der Waals surface area contributed by atoms with E-state index in [1.165, 1.54) is 12.1 Å². The zero-order chi connectivity index (χ0) is 18.4. The molecule has 0 radical (unpaired) electrons. The second-order valence-electron chi connectivity index (χ2n) is 5.18. The molecule has 2 rings (SSSR count). The summed E-state index contributed by atoms with van der Waals surface area (Å²) in [5.41, 5.74) is 0.571. The fourth-order valence-electron chi connectivity index (χ4n) is 2.23. The van der Waals surface area contributed by atoms with Crippen LogP contribution in [0.2, 0.25) is 10.0 Å². The number of esters is 1. The molecule has 2 unspecified atom stereocenters. The van der Waals surface area contributed by atoms with Gasteiger partial charge in [0.2, 0.25) is 0 Å². The van der Waals surface area contributed by atoms with Crippen molar-refractivity contribution < 1.29 is 19.4 Å². The summed E-state index contributed by atoms with van der Waals surface area (Å²) in [6, 6.07) is 11.6. The van der Waals surface area contributed by atoms with Gasteiger partial charge in [0.05, 0.1) is 17.2 Å². The number of hydrogen-bond donors (Lipinski definition) is 2. The molecule has 0 aliphatic heterocycles. The van der Waals surface area contributed by atoms with E-state index in [0.717, 1.165) is 0 Å². The zero-order valence-electron chi connectivity index (χ0n) is 13.4. The molecule has 2 atom stereocenters. The number of benzene rings is 2. The number of halogens is 2. The molecule has 132 valence electrons.